The smallest absolute Gasteiger partial charge is 0.298 e. The van der Waals surface area contributed by atoms with Crippen LogP contribution in [0.1, 0.15) is 36.1 Å². The summed E-state index contributed by atoms with van der Waals surface area (Å²) in [5.41, 5.74) is 4.94. The van der Waals surface area contributed by atoms with E-state index in [2.05, 4.69) is 18.4 Å². The molecule has 0 aromatic heterocycles. The number of fused-ring (bicyclic) bond motifs is 1. The molecule has 6 nitrogen and oxygen atoms in total. The van der Waals surface area contributed by atoms with Crippen LogP contribution in [0.25, 0.3) is 6.08 Å². The Morgan fingerprint density at radius 1 is 1.03 bits per heavy atom. The molecule has 2 aromatic carbocycles. The molecule has 0 unspecified atom stereocenters. The number of nitrogens with zero attached hydrogens (tertiary/aromatic N) is 1. The third-order valence-corrected chi connectivity index (χ3v) is 5.50. The van der Waals surface area contributed by atoms with E-state index in [1.165, 1.54) is 0 Å². The average Bonchev–Trinajstić information content (AvgIpc) is 2.91. The fourth-order valence-corrected chi connectivity index (χ4v) is 3.95. The van der Waals surface area contributed by atoms with Gasteiger partial charge >= 0.3 is 0 Å². The molecule has 0 radical (unpaired) electrons. The first-order valence-electron chi connectivity index (χ1n) is 9.33. The van der Waals surface area contributed by atoms with Crippen molar-refractivity contribution in [2.45, 2.75) is 32.5 Å². The molecule has 1 heterocycles. The Morgan fingerprint density at radius 2 is 1.69 bits per heavy atom. The third-order valence-electron chi connectivity index (χ3n) is 5.50. The zero-order chi connectivity index (χ0) is 21.2. The van der Waals surface area contributed by atoms with Gasteiger partial charge in [0.05, 0.1) is 25.7 Å². The number of aliphatic hydroxyl groups excluding tert-OH is 2. The van der Waals surface area contributed by atoms with E-state index in [4.69, 9.17) is 9.47 Å². The maximum Gasteiger partial charge on any atom is 0.298 e. The van der Waals surface area contributed by atoms with Gasteiger partial charge in [-0.2, -0.15) is 4.58 Å². The first kappa shape index (κ1) is 20.8. The van der Waals surface area contributed by atoms with Gasteiger partial charge in [0.15, 0.2) is 5.71 Å². The summed E-state index contributed by atoms with van der Waals surface area (Å²) >= 11 is 0. The van der Waals surface area contributed by atoms with Gasteiger partial charge in [-0.15, -0.1) is 0 Å². The Balaban J connectivity index is 2.06. The molecule has 0 bridgehead atoms. The monoisotopic (exact) mass is 396 g/mol. The van der Waals surface area contributed by atoms with E-state index in [9.17, 15) is 15.0 Å². The van der Waals surface area contributed by atoms with Crippen LogP contribution in [0.5, 0.6) is 11.5 Å². The van der Waals surface area contributed by atoms with Gasteiger partial charge in [0.2, 0.25) is 5.69 Å². The van der Waals surface area contributed by atoms with Gasteiger partial charge in [-0.1, -0.05) is 0 Å². The van der Waals surface area contributed by atoms with Crippen molar-refractivity contribution in [1.82, 2.24) is 0 Å². The number of carbonyl (C=O) groups is 1. The highest BCUT2D eigenvalue weighted by Crippen LogP contribution is 2.41. The largest absolute Gasteiger partial charge is 0.497 e. The summed E-state index contributed by atoms with van der Waals surface area (Å²) in [4.78, 5) is 10.7. The molecule has 0 saturated heterocycles. The van der Waals surface area contributed by atoms with Crippen molar-refractivity contribution in [3.63, 3.8) is 0 Å². The number of aliphatic hydroxyl groups is 2. The Hall–Kier alpha value is -2.96. The average molecular weight is 396 g/mol. The molecule has 0 atom stereocenters. The summed E-state index contributed by atoms with van der Waals surface area (Å²) in [5.74, 6) is 1.10. The summed E-state index contributed by atoms with van der Waals surface area (Å²) in [6.07, 6.45) is 3.92. The van der Waals surface area contributed by atoms with Crippen LogP contribution in [0.2, 0.25) is 0 Å². The van der Waals surface area contributed by atoms with Gasteiger partial charge in [0.25, 0.3) is 6.47 Å². The second kappa shape index (κ2) is 8.19. The molecule has 0 aliphatic carbocycles. The number of allylic oxidation sites excluding steroid dienone is 1. The summed E-state index contributed by atoms with van der Waals surface area (Å²) < 4.78 is 12.4. The van der Waals surface area contributed by atoms with E-state index in [0.717, 1.165) is 22.5 Å². The van der Waals surface area contributed by atoms with Crippen molar-refractivity contribution in [3.05, 3.63) is 58.7 Å². The molecule has 2 aromatic rings. The fourth-order valence-electron chi connectivity index (χ4n) is 3.95. The second-order valence-electron chi connectivity index (χ2n) is 7.47. The Morgan fingerprint density at radius 3 is 2.24 bits per heavy atom. The summed E-state index contributed by atoms with van der Waals surface area (Å²) in [6, 6.07) is 9.12. The van der Waals surface area contributed by atoms with Crippen molar-refractivity contribution in [2.24, 2.45) is 0 Å². The lowest BCUT2D eigenvalue weighted by molar-refractivity contribution is -0.401. The predicted octanol–water partition coefficient (Wildman–Crippen LogP) is 2.93. The highest BCUT2D eigenvalue weighted by atomic mass is 16.5. The van der Waals surface area contributed by atoms with Crippen LogP contribution in [0.4, 0.5) is 5.69 Å². The fraction of sp³-hybridized carbons (Fsp3) is 0.304. The molecule has 1 aliphatic rings. The van der Waals surface area contributed by atoms with E-state index < -0.39 is 0 Å². The lowest BCUT2D eigenvalue weighted by Gasteiger charge is -2.16. The maximum atomic E-state index is 10.7. The summed E-state index contributed by atoms with van der Waals surface area (Å²) in [6.45, 7) is 4.31. The topological polar surface area (TPSA) is 79.0 Å². The number of ether oxygens (including phenoxy) is 2. The summed E-state index contributed by atoms with van der Waals surface area (Å²) in [5, 5.41) is 19.6. The molecule has 0 spiro atoms. The van der Waals surface area contributed by atoms with Gasteiger partial charge in [0, 0.05) is 17.7 Å². The predicted molar refractivity (Wildman–Crippen MR) is 111 cm³/mol. The number of carbonyl (C=O) groups excluding carboxylic acids is 1. The Kier molecular flexibility index (Phi) is 5.86. The molecule has 0 saturated carbocycles. The van der Waals surface area contributed by atoms with Crippen molar-refractivity contribution >= 4 is 23.9 Å². The molecule has 152 valence electrons. The van der Waals surface area contributed by atoms with E-state index in [-0.39, 0.29) is 18.6 Å². The van der Waals surface area contributed by atoms with Gasteiger partial charge in [-0.3, -0.25) is 4.79 Å². The molecular weight excluding hydrogens is 370 g/mol. The van der Waals surface area contributed by atoms with Crippen LogP contribution in [-0.2, 0) is 23.4 Å². The highest BCUT2D eigenvalue weighted by molar-refractivity contribution is 6.05. The SMILES string of the molecule is COc1cc(CO)c(/C=C/C2=[N+](C)c3ccc(OC=O)cc3C2(C)C)c(CO)c1. The molecule has 2 N–H and O–H groups in total. The minimum atomic E-state index is -0.325. The minimum Gasteiger partial charge on any atom is -0.497 e. The Bertz CT molecular complexity index is 979. The van der Waals surface area contributed by atoms with Crippen LogP contribution < -0.4 is 9.47 Å². The highest BCUT2D eigenvalue weighted by Gasteiger charge is 2.43. The summed E-state index contributed by atoms with van der Waals surface area (Å²) in [7, 11) is 3.54. The standard InChI is InChI=1S/C23H26NO5/c1-23(2)20-11-17(29-14-27)5-7-21(20)24(3)22(23)8-6-19-15(12-25)9-18(28-4)10-16(19)13-26/h5-11,14,25-26H,12-13H2,1-4H3/q+1/b8-6+. The normalized spacial score (nSPS) is 15.0. The molecule has 0 fully saturated rings. The number of benzene rings is 2. The van der Waals surface area contributed by atoms with Gasteiger partial charge < -0.3 is 19.7 Å². The number of hydrogen-bond acceptors (Lipinski definition) is 5. The van der Waals surface area contributed by atoms with E-state index in [0.29, 0.717) is 29.1 Å². The molecular formula is C23H26NO5+. The van der Waals surface area contributed by atoms with E-state index in [1.54, 1.807) is 25.3 Å². The van der Waals surface area contributed by atoms with Gasteiger partial charge in [-0.05, 0) is 60.9 Å². The lowest BCUT2D eigenvalue weighted by atomic mass is 9.81. The molecule has 0 amide bonds. The minimum absolute atomic E-state index is 0.162. The zero-order valence-electron chi connectivity index (χ0n) is 17.1. The van der Waals surface area contributed by atoms with Gasteiger partial charge in [-0.25, -0.2) is 0 Å². The number of methoxy groups -OCH3 is 1. The van der Waals surface area contributed by atoms with Gasteiger partial charge in [0.1, 0.15) is 18.5 Å². The van der Waals surface area contributed by atoms with Crippen molar-refractivity contribution in [3.8, 4) is 11.5 Å². The van der Waals surface area contributed by atoms with Crippen LogP contribution in [0.3, 0.4) is 0 Å². The maximum absolute atomic E-state index is 10.7. The van der Waals surface area contributed by atoms with E-state index >= 15 is 0 Å². The van der Waals surface area contributed by atoms with Crippen molar-refractivity contribution in [1.29, 1.82) is 0 Å². The first-order chi connectivity index (χ1) is 13.9. The molecule has 29 heavy (non-hydrogen) atoms. The van der Waals surface area contributed by atoms with E-state index in [1.807, 2.05) is 31.3 Å². The quantitative estimate of drug-likeness (QED) is 0.556. The molecule has 1 aliphatic heterocycles. The first-order valence-corrected chi connectivity index (χ1v) is 9.33. The number of rotatable bonds is 7. The van der Waals surface area contributed by atoms with Crippen molar-refractivity contribution in [2.75, 3.05) is 14.2 Å². The molecule has 3 rings (SSSR count). The van der Waals surface area contributed by atoms with Crippen LogP contribution in [0.15, 0.2) is 36.4 Å². The Labute approximate surface area is 170 Å². The molecule has 6 heteroatoms. The second-order valence-corrected chi connectivity index (χ2v) is 7.47. The number of hydrogen-bond donors (Lipinski definition) is 2. The third kappa shape index (κ3) is 3.69. The lowest BCUT2D eigenvalue weighted by Crippen LogP contribution is -2.26. The zero-order valence-corrected chi connectivity index (χ0v) is 17.1. The van der Waals surface area contributed by atoms with Crippen LogP contribution in [-0.4, -0.2) is 41.1 Å². The van der Waals surface area contributed by atoms with Crippen LogP contribution >= 0.6 is 0 Å². The van der Waals surface area contributed by atoms with Crippen LogP contribution in [0, 0.1) is 0 Å². The van der Waals surface area contributed by atoms with Crippen molar-refractivity contribution < 1.29 is 29.1 Å².